The molecule has 1 heterocycles. The second kappa shape index (κ2) is 6.27. The lowest BCUT2D eigenvalue weighted by Gasteiger charge is -2.06. The third-order valence-electron chi connectivity index (χ3n) is 2.43. The van der Waals surface area contributed by atoms with Gasteiger partial charge in [-0.05, 0) is 30.7 Å². The second-order valence-corrected chi connectivity index (χ2v) is 6.01. The number of amides is 1. The zero-order valence-corrected chi connectivity index (χ0v) is 12.0. The van der Waals surface area contributed by atoms with Crippen LogP contribution in [0, 0.1) is 0 Å². The molecule has 1 aromatic carbocycles. The van der Waals surface area contributed by atoms with Crippen LogP contribution in [0.1, 0.15) is 15.2 Å². The molecular formula is C13H12ClNOS2. The number of carbonyl (C=O) groups is 1. The zero-order chi connectivity index (χ0) is 13.0. The van der Waals surface area contributed by atoms with Gasteiger partial charge in [-0.25, -0.2) is 0 Å². The van der Waals surface area contributed by atoms with Gasteiger partial charge < -0.3 is 5.32 Å². The van der Waals surface area contributed by atoms with Gasteiger partial charge >= 0.3 is 0 Å². The Labute approximate surface area is 120 Å². The van der Waals surface area contributed by atoms with E-state index in [4.69, 9.17) is 11.6 Å². The van der Waals surface area contributed by atoms with Crippen LogP contribution in [0.5, 0.6) is 0 Å². The highest BCUT2D eigenvalue weighted by atomic mass is 35.5. The molecule has 0 bridgehead atoms. The van der Waals surface area contributed by atoms with E-state index in [2.05, 4.69) is 17.9 Å². The van der Waals surface area contributed by atoms with Crippen molar-refractivity contribution in [3.63, 3.8) is 0 Å². The molecule has 2 nitrogen and oxygen atoms in total. The van der Waals surface area contributed by atoms with Gasteiger partial charge in [-0.3, -0.25) is 4.79 Å². The average molecular weight is 298 g/mol. The summed E-state index contributed by atoms with van der Waals surface area (Å²) in [5.41, 5.74) is 0.602. The minimum atomic E-state index is -0.0942. The smallest absolute Gasteiger partial charge is 0.252 e. The predicted octanol–water partition coefficient (Wildman–Crippen LogP) is 3.66. The Morgan fingerprint density at radius 1 is 1.28 bits per heavy atom. The van der Waals surface area contributed by atoms with Crippen LogP contribution in [0.15, 0.2) is 41.3 Å². The van der Waals surface area contributed by atoms with Crippen molar-refractivity contribution >= 4 is 41.5 Å². The molecule has 1 amide bonds. The monoisotopic (exact) mass is 297 g/mol. The van der Waals surface area contributed by atoms with E-state index < -0.39 is 0 Å². The van der Waals surface area contributed by atoms with Crippen molar-refractivity contribution in [1.29, 1.82) is 0 Å². The summed E-state index contributed by atoms with van der Waals surface area (Å²) < 4.78 is 0.775. The first-order chi connectivity index (χ1) is 8.66. The molecule has 2 aromatic rings. The summed E-state index contributed by atoms with van der Waals surface area (Å²) in [7, 11) is 0. The Morgan fingerprint density at radius 2 is 2.06 bits per heavy atom. The first-order valence-corrected chi connectivity index (χ1v) is 7.11. The number of thiol groups is 1. The molecular weight excluding hydrogens is 286 g/mol. The van der Waals surface area contributed by atoms with Gasteiger partial charge in [-0.1, -0.05) is 23.7 Å². The fourth-order valence-corrected chi connectivity index (χ4v) is 2.90. The van der Waals surface area contributed by atoms with Crippen LogP contribution in [0.3, 0.4) is 0 Å². The Hall–Kier alpha value is -0.970. The molecule has 5 heteroatoms. The Balaban J connectivity index is 1.87. The molecule has 0 fully saturated rings. The van der Waals surface area contributed by atoms with Crippen LogP contribution in [-0.4, -0.2) is 12.5 Å². The molecule has 0 spiro atoms. The van der Waals surface area contributed by atoms with Crippen molar-refractivity contribution in [3.05, 3.63) is 51.2 Å². The molecule has 0 atom stereocenters. The van der Waals surface area contributed by atoms with Crippen molar-refractivity contribution in [2.24, 2.45) is 0 Å². The topological polar surface area (TPSA) is 29.1 Å². The number of benzene rings is 1. The number of nitrogens with one attached hydrogen (secondary N) is 1. The van der Waals surface area contributed by atoms with E-state index in [-0.39, 0.29) is 5.91 Å². The van der Waals surface area contributed by atoms with Crippen molar-refractivity contribution in [3.8, 4) is 0 Å². The lowest BCUT2D eigenvalue weighted by atomic mass is 10.2. The van der Waals surface area contributed by atoms with Gasteiger partial charge in [0.05, 0.1) is 9.90 Å². The molecule has 2 rings (SSSR count). The van der Waals surface area contributed by atoms with Crippen LogP contribution in [0.25, 0.3) is 0 Å². The highest BCUT2D eigenvalue weighted by Gasteiger charge is 2.07. The summed E-state index contributed by atoms with van der Waals surface area (Å²) in [6.07, 6.45) is 0.790. The van der Waals surface area contributed by atoms with E-state index in [1.165, 1.54) is 16.2 Å². The number of hydrogen-bond donors (Lipinski definition) is 2. The van der Waals surface area contributed by atoms with Gasteiger partial charge in [0.25, 0.3) is 5.91 Å². The first-order valence-electron chi connectivity index (χ1n) is 5.47. The first kappa shape index (κ1) is 13.5. The summed E-state index contributed by atoms with van der Waals surface area (Å²) >= 11 is 11.6. The normalized spacial score (nSPS) is 10.3. The fourth-order valence-electron chi connectivity index (χ4n) is 1.55. The number of thiophene rings is 1. The maximum Gasteiger partial charge on any atom is 0.252 e. The van der Waals surface area contributed by atoms with Crippen molar-refractivity contribution in [1.82, 2.24) is 5.32 Å². The lowest BCUT2D eigenvalue weighted by molar-refractivity contribution is 0.0951. The third-order valence-corrected chi connectivity index (χ3v) is 4.12. The molecule has 94 valence electrons. The minimum absolute atomic E-state index is 0.0942. The standard InChI is InChI=1S/C13H12ClNOS2/c14-12-6-5-9(18-12)7-8-15-13(16)10-3-1-2-4-11(10)17/h1-6,17H,7-8H2,(H,15,16). The summed E-state index contributed by atoms with van der Waals surface area (Å²) in [6, 6.07) is 11.1. The van der Waals surface area contributed by atoms with Crippen molar-refractivity contribution < 1.29 is 4.79 Å². The van der Waals surface area contributed by atoms with Gasteiger partial charge in [0.1, 0.15) is 0 Å². The van der Waals surface area contributed by atoms with Crippen LogP contribution < -0.4 is 5.32 Å². The van der Waals surface area contributed by atoms with E-state index in [9.17, 15) is 4.79 Å². The van der Waals surface area contributed by atoms with Gasteiger partial charge in [0, 0.05) is 16.3 Å². The minimum Gasteiger partial charge on any atom is -0.352 e. The quantitative estimate of drug-likeness (QED) is 0.829. The largest absolute Gasteiger partial charge is 0.352 e. The van der Waals surface area contributed by atoms with Gasteiger partial charge in [0.15, 0.2) is 0 Å². The van der Waals surface area contributed by atoms with Gasteiger partial charge in [-0.2, -0.15) is 0 Å². The number of hydrogen-bond acceptors (Lipinski definition) is 3. The second-order valence-electron chi connectivity index (χ2n) is 3.73. The number of carbonyl (C=O) groups excluding carboxylic acids is 1. The summed E-state index contributed by atoms with van der Waals surface area (Å²) in [5.74, 6) is -0.0942. The number of rotatable bonds is 4. The molecule has 18 heavy (non-hydrogen) atoms. The molecule has 0 aliphatic carbocycles. The Bertz CT molecular complexity index is 553. The summed E-state index contributed by atoms with van der Waals surface area (Å²) in [4.78, 5) is 13.7. The van der Waals surface area contributed by atoms with E-state index in [1.807, 2.05) is 24.3 Å². The fraction of sp³-hybridized carbons (Fsp3) is 0.154. The molecule has 0 radical (unpaired) electrons. The average Bonchev–Trinajstić information content (AvgIpc) is 2.75. The summed E-state index contributed by atoms with van der Waals surface area (Å²) in [6.45, 7) is 0.595. The molecule has 1 aromatic heterocycles. The van der Waals surface area contributed by atoms with Gasteiger partial charge in [-0.15, -0.1) is 24.0 Å². The SMILES string of the molecule is O=C(NCCc1ccc(Cl)s1)c1ccccc1S. The maximum atomic E-state index is 11.9. The van der Waals surface area contributed by atoms with Crippen LogP contribution in [0.2, 0.25) is 4.34 Å². The molecule has 0 aliphatic heterocycles. The van der Waals surface area contributed by atoms with E-state index in [0.717, 1.165) is 10.8 Å². The van der Waals surface area contributed by atoms with Crippen molar-refractivity contribution in [2.45, 2.75) is 11.3 Å². The van der Waals surface area contributed by atoms with E-state index in [1.54, 1.807) is 12.1 Å². The lowest BCUT2D eigenvalue weighted by Crippen LogP contribution is -2.25. The summed E-state index contributed by atoms with van der Waals surface area (Å²) in [5, 5.41) is 2.87. The van der Waals surface area contributed by atoms with E-state index in [0.29, 0.717) is 17.0 Å². The maximum absolute atomic E-state index is 11.9. The molecule has 0 saturated heterocycles. The third kappa shape index (κ3) is 3.51. The van der Waals surface area contributed by atoms with Gasteiger partial charge in [0.2, 0.25) is 0 Å². The van der Waals surface area contributed by atoms with Crippen molar-refractivity contribution in [2.75, 3.05) is 6.54 Å². The number of halogens is 1. The Morgan fingerprint density at radius 3 is 2.72 bits per heavy atom. The molecule has 0 saturated carbocycles. The van der Waals surface area contributed by atoms with Crippen LogP contribution in [0.4, 0.5) is 0 Å². The predicted molar refractivity (Wildman–Crippen MR) is 79.1 cm³/mol. The zero-order valence-electron chi connectivity index (χ0n) is 9.52. The Kier molecular flexibility index (Phi) is 4.69. The highest BCUT2D eigenvalue weighted by molar-refractivity contribution is 7.80. The molecule has 0 unspecified atom stereocenters. The highest BCUT2D eigenvalue weighted by Crippen LogP contribution is 2.21. The van der Waals surface area contributed by atoms with Crippen LogP contribution in [-0.2, 0) is 6.42 Å². The molecule has 1 N–H and O–H groups in total. The van der Waals surface area contributed by atoms with Crippen LogP contribution >= 0.6 is 35.6 Å². The molecule has 0 aliphatic rings. The van der Waals surface area contributed by atoms with E-state index >= 15 is 0 Å².